The van der Waals surface area contributed by atoms with Crippen LogP contribution in [0.15, 0.2) is 57.6 Å². The van der Waals surface area contributed by atoms with E-state index in [1.165, 1.54) is 6.26 Å². The van der Waals surface area contributed by atoms with E-state index in [2.05, 4.69) is 15.5 Å². The summed E-state index contributed by atoms with van der Waals surface area (Å²) in [6, 6.07) is 12.6. The van der Waals surface area contributed by atoms with Crippen molar-refractivity contribution in [1.82, 2.24) is 15.5 Å². The van der Waals surface area contributed by atoms with Gasteiger partial charge in [0.25, 0.3) is 11.8 Å². The molecule has 128 valence electrons. The highest BCUT2D eigenvalue weighted by atomic mass is 16.5. The summed E-state index contributed by atoms with van der Waals surface area (Å²) in [5, 5.41) is 10.0. The highest BCUT2D eigenvalue weighted by Gasteiger charge is 2.13. The van der Waals surface area contributed by atoms with E-state index in [9.17, 15) is 9.59 Å². The molecule has 1 amide bonds. The fraction of sp³-hybridized carbons (Fsp3) is 0.176. The third-order valence-electron chi connectivity index (χ3n) is 3.19. The maximum Gasteiger partial charge on any atom is 0.325 e. The van der Waals surface area contributed by atoms with Crippen LogP contribution in [0.25, 0.3) is 11.7 Å². The molecule has 0 aliphatic heterocycles. The zero-order valence-electron chi connectivity index (χ0n) is 13.2. The Bertz CT molecular complexity index is 827. The molecular formula is C17H15N3O5. The fourth-order valence-electron chi connectivity index (χ4n) is 2.02. The molecule has 2 heterocycles. The van der Waals surface area contributed by atoms with E-state index in [0.717, 1.165) is 5.56 Å². The lowest BCUT2D eigenvalue weighted by Gasteiger charge is -2.05. The van der Waals surface area contributed by atoms with Crippen LogP contribution < -0.4 is 5.32 Å². The summed E-state index contributed by atoms with van der Waals surface area (Å²) in [5.74, 6) is -0.0963. The Hall–Kier alpha value is -3.42. The van der Waals surface area contributed by atoms with Gasteiger partial charge in [0, 0.05) is 0 Å². The van der Waals surface area contributed by atoms with Crippen molar-refractivity contribution in [3.05, 3.63) is 60.2 Å². The van der Waals surface area contributed by atoms with Gasteiger partial charge in [-0.05, 0) is 17.7 Å². The van der Waals surface area contributed by atoms with Crippen LogP contribution in [0.1, 0.15) is 11.5 Å². The van der Waals surface area contributed by atoms with Crippen LogP contribution in [0.5, 0.6) is 0 Å². The van der Waals surface area contributed by atoms with Crippen LogP contribution in [0.3, 0.4) is 0 Å². The molecule has 0 unspecified atom stereocenters. The number of nitrogens with zero attached hydrogens (tertiary/aromatic N) is 2. The molecule has 0 bridgehead atoms. The molecule has 0 aliphatic carbocycles. The number of hydrogen-bond acceptors (Lipinski definition) is 7. The van der Waals surface area contributed by atoms with Gasteiger partial charge in [0.2, 0.25) is 5.91 Å². The van der Waals surface area contributed by atoms with Crippen molar-refractivity contribution in [3.63, 3.8) is 0 Å². The summed E-state index contributed by atoms with van der Waals surface area (Å²) < 4.78 is 15.4. The lowest BCUT2D eigenvalue weighted by molar-refractivity contribution is -0.145. The summed E-state index contributed by atoms with van der Waals surface area (Å²) >= 11 is 0. The summed E-state index contributed by atoms with van der Waals surface area (Å²) in [5.41, 5.74) is 0.865. The standard InChI is InChI=1S/C17H15N3O5/c21-14(9-12-5-2-1-3-6-12)18-10-16(22)24-11-15-19-20-17(25-15)13-7-4-8-23-13/h1-8H,9-11H2,(H,18,21). The monoisotopic (exact) mass is 341 g/mol. The van der Waals surface area contributed by atoms with E-state index in [1.54, 1.807) is 12.1 Å². The quantitative estimate of drug-likeness (QED) is 0.652. The molecule has 0 spiro atoms. The van der Waals surface area contributed by atoms with Gasteiger partial charge in [0.15, 0.2) is 12.4 Å². The van der Waals surface area contributed by atoms with Gasteiger partial charge in [-0.2, -0.15) is 0 Å². The zero-order valence-corrected chi connectivity index (χ0v) is 13.2. The topological polar surface area (TPSA) is 107 Å². The number of nitrogens with one attached hydrogen (secondary N) is 1. The van der Waals surface area contributed by atoms with Gasteiger partial charge in [0.1, 0.15) is 6.54 Å². The number of aromatic nitrogens is 2. The second-order valence-electron chi connectivity index (χ2n) is 5.08. The van der Waals surface area contributed by atoms with E-state index in [0.29, 0.717) is 5.76 Å². The van der Waals surface area contributed by atoms with Crippen molar-refractivity contribution in [1.29, 1.82) is 0 Å². The molecule has 3 aromatic rings. The second-order valence-corrected chi connectivity index (χ2v) is 5.08. The van der Waals surface area contributed by atoms with E-state index in [4.69, 9.17) is 13.6 Å². The van der Waals surface area contributed by atoms with Crippen LogP contribution in [-0.2, 0) is 27.4 Å². The number of benzene rings is 1. The Morgan fingerprint density at radius 2 is 1.92 bits per heavy atom. The van der Waals surface area contributed by atoms with E-state index in [1.807, 2.05) is 30.3 Å². The number of esters is 1. The Kier molecular flexibility index (Phi) is 5.20. The zero-order chi connectivity index (χ0) is 17.5. The van der Waals surface area contributed by atoms with E-state index >= 15 is 0 Å². The molecular weight excluding hydrogens is 326 g/mol. The maximum absolute atomic E-state index is 11.8. The lowest BCUT2D eigenvalue weighted by Crippen LogP contribution is -2.31. The van der Waals surface area contributed by atoms with Crippen LogP contribution in [0, 0.1) is 0 Å². The van der Waals surface area contributed by atoms with Crippen molar-refractivity contribution < 1.29 is 23.2 Å². The molecule has 8 heteroatoms. The SMILES string of the molecule is O=C(Cc1ccccc1)NCC(=O)OCc1nnc(-c2ccco2)o1. The molecule has 1 N–H and O–H groups in total. The predicted octanol–water partition coefficient (Wildman–Crippen LogP) is 1.73. The minimum Gasteiger partial charge on any atom is -0.459 e. The molecule has 2 aromatic heterocycles. The minimum absolute atomic E-state index is 0.135. The van der Waals surface area contributed by atoms with Crippen molar-refractivity contribution in [3.8, 4) is 11.7 Å². The molecule has 0 radical (unpaired) electrons. The van der Waals surface area contributed by atoms with Gasteiger partial charge < -0.3 is 18.9 Å². The Morgan fingerprint density at radius 1 is 1.08 bits per heavy atom. The lowest BCUT2D eigenvalue weighted by atomic mass is 10.1. The number of amides is 1. The third-order valence-corrected chi connectivity index (χ3v) is 3.19. The van der Waals surface area contributed by atoms with E-state index in [-0.39, 0.29) is 37.3 Å². The summed E-state index contributed by atoms with van der Waals surface area (Å²) in [6.45, 7) is -0.411. The third kappa shape index (κ3) is 4.77. The minimum atomic E-state index is -0.598. The first kappa shape index (κ1) is 16.4. The number of carbonyl (C=O) groups excluding carboxylic acids is 2. The Labute approximate surface area is 142 Å². The van der Waals surface area contributed by atoms with Crippen LogP contribution >= 0.6 is 0 Å². The van der Waals surface area contributed by atoms with Gasteiger partial charge >= 0.3 is 5.97 Å². The number of hydrogen-bond donors (Lipinski definition) is 1. The molecule has 0 saturated carbocycles. The first-order chi connectivity index (χ1) is 12.2. The van der Waals surface area contributed by atoms with Crippen LogP contribution in [-0.4, -0.2) is 28.6 Å². The highest BCUT2D eigenvalue weighted by molar-refractivity contribution is 5.83. The predicted molar refractivity (Wildman–Crippen MR) is 85.0 cm³/mol. The summed E-state index contributed by atoms with van der Waals surface area (Å²) in [7, 11) is 0. The highest BCUT2D eigenvalue weighted by Crippen LogP contribution is 2.17. The Morgan fingerprint density at radius 3 is 2.68 bits per heavy atom. The number of rotatable bonds is 7. The average molecular weight is 341 g/mol. The van der Waals surface area contributed by atoms with Crippen LogP contribution in [0.4, 0.5) is 0 Å². The van der Waals surface area contributed by atoms with Gasteiger partial charge in [-0.1, -0.05) is 30.3 Å². The van der Waals surface area contributed by atoms with E-state index < -0.39 is 5.97 Å². The largest absolute Gasteiger partial charge is 0.459 e. The van der Waals surface area contributed by atoms with Gasteiger partial charge in [0.05, 0.1) is 12.7 Å². The summed E-state index contributed by atoms with van der Waals surface area (Å²) in [4.78, 5) is 23.4. The van der Waals surface area contributed by atoms with Crippen molar-refractivity contribution in [2.75, 3.05) is 6.54 Å². The first-order valence-corrected chi connectivity index (χ1v) is 7.53. The normalized spacial score (nSPS) is 10.4. The number of ether oxygens (including phenoxy) is 1. The molecule has 0 saturated heterocycles. The molecule has 1 aromatic carbocycles. The maximum atomic E-state index is 11.8. The second kappa shape index (κ2) is 7.91. The smallest absolute Gasteiger partial charge is 0.325 e. The fourth-order valence-corrected chi connectivity index (χ4v) is 2.02. The van der Waals surface area contributed by atoms with Crippen molar-refractivity contribution in [2.45, 2.75) is 13.0 Å². The Balaban J connectivity index is 1.40. The molecule has 25 heavy (non-hydrogen) atoms. The van der Waals surface area contributed by atoms with Gasteiger partial charge in [-0.25, -0.2) is 0 Å². The number of carbonyl (C=O) groups is 2. The molecule has 8 nitrogen and oxygen atoms in total. The van der Waals surface area contributed by atoms with Crippen molar-refractivity contribution >= 4 is 11.9 Å². The summed E-state index contributed by atoms with van der Waals surface area (Å²) in [6.07, 6.45) is 1.68. The number of furan rings is 1. The van der Waals surface area contributed by atoms with Gasteiger partial charge in [-0.3, -0.25) is 9.59 Å². The molecule has 0 aliphatic rings. The first-order valence-electron chi connectivity index (χ1n) is 7.53. The molecule has 3 rings (SSSR count). The van der Waals surface area contributed by atoms with Crippen molar-refractivity contribution in [2.24, 2.45) is 0 Å². The van der Waals surface area contributed by atoms with Crippen LogP contribution in [0.2, 0.25) is 0 Å². The molecule has 0 atom stereocenters. The molecule has 0 fully saturated rings. The average Bonchev–Trinajstić information content (AvgIpc) is 3.30. The van der Waals surface area contributed by atoms with Gasteiger partial charge in [-0.15, -0.1) is 10.2 Å².